The molecular formula is C17H20N4O2. The van der Waals surface area contributed by atoms with E-state index >= 15 is 0 Å². The summed E-state index contributed by atoms with van der Waals surface area (Å²) in [5.41, 5.74) is 2.57. The first-order chi connectivity index (χ1) is 11.2. The van der Waals surface area contributed by atoms with E-state index in [2.05, 4.69) is 51.5 Å². The summed E-state index contributed by atoms with van der Waals surface area (Å²) in [6, 6.07) is 10.4. The van der Waals surface area contributed by atoms with Gasteiger partial charge in [0.1, 0.15) is 5.82 Å². The topological polar surface area (TPSA) is 67.3 Å². The van der Waals surface area contributed by atoms with E-state index in [1.54, 1.807) is 19.2 Å². The van der Waals surface area contributed by atoms with E-state index in [1.807, 2.05) is 0 Å². The van der Waals surface area contributed by atoms with Crippen molar-refractivity contribution in [1.82, 2.24) is 9.97 Å². The van der Waals surface area contributed by atoms with Crippen molar-refractivity contribution in [3.8, 4) is 0 Å². The van der Waals surface area contributed by atoms with Crippen LogP contribution in [0.4, 0.5) is 11.5 Å². The van der Waals surface area contributed by atoms with E-state index in [0.717, 1.165) is 13.0 Å². The third kappa shape index (κ3) is 3.41. The molecule has 0 bridgehead atoms. The average Bonchev–Trinajstić information content (AvgIpc) is 2.55. The van der Waals surface area contributed by atoms with Crippen molar-refractivity contribution in [2.24, 2.45) is 0 Å². The molecule has 1 atom stereocenters. The molecule has 3 rings (SSSR count). The normalized spacial score (nSPS) is 16.6. The molecule has 0 aliphatic carbocycles. The van der Waals surface area contributed by atoms with Gasteiger partial charge in [0.2, 0.25) is 5.82 Å². The number of ether oxygens (including phenoxy) is 1. The lowest BCUT2D eigenvalue weighted by Gasteiger charge is -2.34. The molecule has 2 heterocycles. The molecule has 1 aromatic carbocycles. The van der Waals surface area contributed by atoms with Crippen LogP contribution in [0.25, 0.3) is 0 Å². The Kier molecular flexibility index (Phi) is 4.41. The summed E-state index contributed by atoms with van der Waals surface area (Å²) < 4.78 is 4.94. The van der Waals surface area contributed by atoms with Crippen molar-refractivity contribution in [2.75, 3.05) is 30.4 Å². The minimum Gasteiger partial charge on any atom is -0.460 e. The highest BCUT2D eigenvalue weighted by Gasteiger charge is 2.22. The SMILES string of the molecule is CCOC(=O)c1nccc(N[C@H]2Cc3ccccc3N(C)C2)n1. The molecule has 6 heteroatoms. The zero-order chi connectivity index (χ0) is 16.2. The first-order valence-electron chi connectivity index (χ1n) is 7.73. The number of benzene rings is 1. The van der Waals surface area contributed by atoms with Crippen molar-refractivity contribution < 1.29 is 9.53 Å². The minimum absolute atomic E-state index is 0.0846. The van der Waals surface area contributed by atoms with Gasteiger partial charge in [-0.15, -0.1) is 0 Å². The zero-order valence-corrected chi connectivity index (χ0v) is 13.3. The Hall–Kier alpha value is -2.63. The largest absolute Gasteiger partial charge is 0.460 e. The van der Waals surface area contributed by atoms with Gasteiger partial charge in [0.25, 0.3) is 0 Å². The molecule has 0 saturated heterocycles. The monoisotopic (exact) mass is 312 g/mol. The summed E-state index contributed by atoms with van der Waals surface area (Å²) in [6.07, 6.45) is 2.49. The van der Waals surface area contributed by atoms with E-state index in [1.165, 1.54) is 11.3 Å². The summed E-state index contributed by atoms with van der Waals surface area (Å²) in [6.45, 7) is 2.94. The first kappa shape index (κ1) is 15.3. The lowest BCUT2D eigenvalue weighted by molar-refractivity contribution is 0.0512. The molecule has 0 saturated carbocycles. The van der Waals surface area contributed by atoms with Crippen LogP contribution >= 0.6 is 0 Å². The molecule has 0 spiro atoms. The predicted octanol–water partition coefficient (Wildman–Crippen LogP) is 2.13. The maximum Gasteiger partial charge on any atom is 0.376 e. The highest BCUT2D eigenvalue weighted by Crippen LogP contribution is 2.26. The average molecular weight is 312 g/mol. The number of nitrogens with zero attached hydrogens (tertiary/aromatic N) is 3. The number of fused-ring (bicyclic) bond motifs is 1. The molecule has 23 heavy (non-hydrogen) atoms. The molecule has 0 radical (unpaired) electrons. The Morgan fingerprint density at radius 3 is 3.04 bits per heavy atom. The molecule has 2 aromatic rings. The Morgan fingerprint density at radius 1 is 1.39 bits per heavy atom. The number of likely N-dealkylation sites (N-methyl/N-ethyl adjacent to an activating group) is 1. The smallest absolute Gasteiger partial charge is 0.376 e. The van der Waals surface area contributed by atoms with Crippen LogP contribution in [-0.4, -0.2) is 42.2 Å². The van der Waals surface area contributed by atoms with Gasteiger partial charge in [-0.25, -0.2) is 14.8 Å². The summed E-state index contributed by atoms with van der Waals surface area (Å²) in [7, 11) is 2.08. The molecule has 1 aliphatic rings. The minimum atomic E-state index is -0.498. The standard InChI is InChI=1S/C17H20N4O2/c1-3-23-17(22)16-18-9-8-15(20-16)19-13-10-12-6-4-5-7-14(12)21(2)11-13/h4-9,13H,3,10-11H2,1-2H3,(H,18,19,20)/t13-/m0/s1. The Labute approximate surface area is 135 Å². The predicted molar refractivity (Wildman–Crippen MR) is 88.8 cm³/mol. The Balaban J connectivity index is 1.73. The lowest BCUT2D eigenvalue weighted by atomic mass is 9.98. The number of para-hydroxylation sites is 1. The number of anilines is 2. The van der Waals surface area contributed by atoms with Crippen LogP contribution in [0.2, 0.25) is 0 Å². The van der Waals surface area contributed by atoms with E-state index in [4.69, 9.17) is 4.74 Å². The second-order valence-electron chi connectivity index (χ2n) is 5.54. The Bertz CT molecular complexity index is 704. The van der Waals surface area contributed by atoms with Gasteiger partial charge in [0.15, 0.2) is 0 Å². The van der Waals surface area contributed by atoms with Gasteiger partial charge in [-0.2, -0.15) is 0 Å². The van der Waals surface area contributed by atoms with Crippen molar-refractivity contribution in [1.29, 1.82) is 0 Å². The molecule has 0 unspecified atom stereocenters. The molecule has 1 N–H and O–H groups in total. The van der Waals surface area contributed by atoms with Gasteiger partial charge in [0.05, 0.1) is 6.61 Å². The van der Waals surface area contributed by atoms with Gasteiger partial charge < -0.3 is 15.0 Å². The maximum atomic E-state index is 11.7. The molecule has 120 valence electrons. The van der Waals surface area contributed by atoms with Crippen molar-refractivity contribution in [3.63, 3.8) is 0 Å². The molecule has 0 amide bonds. The van der Waals surface area contributed by atoms with Gasteiger partial charge in [-0.05, 0) is 31.0 Å². The number of hydrogen-bond donors (Lipinski definition) is 1. The third-order valence-corrected chi connectivity index (χ3v) is 3.83. The van der Waals surface area contributed by atoms with Crippen LogP contribution < -0.4 is 10.2 Å². The number of rotatable bonds is 4. The second-order valence-corrected chi connectivity index (χ2v) is 5.54. The highest BCUT2D eigenvalue weighted by molar-refractivity contribution is 5.85. The molecule has 1 aromatic heterocycles. The van der Waals surface area contributed by atoms with Crippen LogP contribution in [-0.2, 0) is 11.2 Å². The summed E-state index contributed by atoms with van der Waals surface area (Å²) in [5.74, 6) is 0.226. The molecule has 6 nitrogen and oxygen atoms in total. The van der Waals surface area contributed by atoms with Crippen LogP contribution in [0.1, 0.15) is 23.1 Å². The van der Waals surface area contributed by atoms with Crippen molar-refractivity contribution >= 4 is 17.5 Å². The van der Waals surface area contributed by atoms with E-state index < -0.39 is 5.97 Å². The zero-order valence-electron chi connectivity index (χ0n) is 13.3. The summed E-state index contributed by atoms with van der Waals surface area (Å²) in [4.78, 5) is 22.2. The number of aromatic nitrogens is 2. The van der Waals surface area contributed by atoms with Crippen molar-refractivity contribution in [2.45, 2.75) is 19.4 Å². The molecule has 0 fully saturated rings. The summed E-state index contributed by atoms with van der Waals surface area (Å²) >= 11 is 0. The molecule has 1 aliphatic heterocycles. The lowest BCUT2D eigenvalue weighted by Crippen LogP contribution is -2.40. The van der Waals surface area contributed by atoms with E-state index in [9.17, 15) is 4.79 Å². The third-order valence-electron chi connectivity index (χ3n) is 3.83. The summed E-state index contributed by atoms with van der Waals surface area (Å²) in [5, 5.41) is 3.39. The van der Waals surface area contributed by atoms with Crippen molar-refractivity contribution in [3.05, 3.63) is 47.9 Å². The number of carbonyl (C=O) groups is 1. The van der Waals surface area contributed by atoms with E-state index in [0.29, 0.717) is 12.4 Å². The number of hydrogen-bond acceptors (Lipinski definition) is 6. The van der Waals surface area contributed by atoms with Crippen LogP contribution in [0.15, 0.2) is 36.5 Å². The fraction of sp³-hybridized carbons (Fsp3) is 0.353. The van der Waals surface area contributed by atoms with Crippen LogP contribution in [0.3, 0.4) is 0 Å². The van der Waals surface area contributed by atoms with Gasteiger partial charge >= 0.3 is 5.97 Å². The quantitative estimate of drug-likeness (QED) is 0.872. The van der Waals surface area contributed by atoms with Gasteiger partial charge in [-0.3, -0.25) is 0 Å². The van der Waals surface area contributed by atoms with Crippen LogP contribution in [0, 0.1) is 0 Å². The Morgan fingerprint density at radius 2 is 2.22 bits per heavy atom. The fourth-order valence-electron chi connectivity index (χ4n) is 2.85. The fourth-order valence-corrected chi connectivity index (χ4v) is 2.85. The van der Waals surface area contributed by atoms with Crippen LogP contribution in [0.5, 0.6) is 0 Å². The highest BCUT2D eigenvalue weighted by atomic mass is 16.5. The number of nitrogens with one attached hydrogen (secondary N) is 1. The first-order valence-corrected chi connectivity index (χ1v) is 7.73. The maximum absolute atomic E-state index is 11.7. The number of esters is 1. The van der Waals surface area contributed by atoms with Gasteiger partial charge in [-0.1, -0.05) is 18.2 Å². The van der Waals surface area contributed by atoms with Gasteiger partial charge in [0, 0.05) is 31.5 Å². The molecular weight excluding hydrogens is 292 g/mol. The number of carbonyl (C=O) groups excluding carboxylic acids is 1. The van der Waals surface area contributed by atoms with E-state index in [-0.39, 0.29) is 11.9 Å². The second kappa shape index (κ2) is 6.64.